The van der Waals surface area contributed by atoms with Gasteiger partial charge in [0.15, 0.2) is 0 Å². The van der Waals surface area contributed by atoms with Crippen LogP contribution in [0, 0.1) is 13.8 Å². The molecule has 5 nitrogen and oxygen atoms in total. The molecular weight excluding hydrogens is 262 g/mol. The fourth-order valence-corrected chi connectivity index (χ4v) is 3.07. The predicted octanol–water partition coefficient (Wildman–Crippen LogP) is 0.773. The molecule has 0 radical (unpaired) electrons. The summed E-state index contributed by atoms with van der Waals surface area (Å²) in [4.78, 5) is 14.3. The van der Waals surface area contributed by atoms with Crippen molar-refractivity contribution >= 4 is 0 Å². The molecule has 0 bridgehead atoms. The summed E-state index contributed by atoms with van der Waals surface area (Å²) in [6.45, 7) is 8.27. The van der Waals surface area contributed by atoms with E-state index in [9.17, 15) is 0 Å². The minimum Gasteiger partial charge on any atom is -0.330 e. The Kier molecular flexibility index (Phi) is 5.67. The monoisotopic (exact) mass is 291 g/mol. The van der Waals surface area contributed by atoms with Crippen LogP contribution in [0.2, 0.25) is 0 Å². The maximum Gasteiger partial charge on any atom is 0.130 e. The maximum absolute atomic E-state index is 5.61. The molecule has 21 heavy (non-hydrogen) atoms. The number of hydrogen-bond donors (Lipinski definition) is 1. The van der Waals surface area contributed by atoms with Crippen LogP contribution in [0.15, 0.2) is 0 Å². The minimum atomic E-state index is 0.512. The first-order chi connectivity index (χ1) is 10.0. The highest BCUT2D eigenvalue weighted by Gasteiger charge is 2.23. The van der Waals surface area contributed by atoms with Gasteiger partial charge in [-0.25, -0.2) is 9.97 Å². The van der Waals surface area contributed by atoms with Gasteiger partial charge in [-0.05, 0) is 52.9 Å². The number of hydrogen-bond acceptors (Lipinski definition) is 5. The number of nitrogens with zero attached hydrogens (tertiary/aromatic N) is 4. The maximum atomic E-state index is 5.61. The Morgan fingerprint density at radius 3 is 2.43 bits per heavy atom. The van der Waals surface area contributed by atoms with Gasteiger partial charge in [-0.1, -0.05) is 0 Å². The second-order valence-corrected chi connectivity index (χ2v) is 6.28. The van der Waals surface area contributed by atoms with Crippen molar-refractivity contribution in [3.63, 3.8) is 0 Å². The molecule has 1 aromatic rings. The number of likely N-dealkylation sites (N-methyl/N-ethyl adjacent to an activating group) is 2. The van der Waals surface area contributed by atoms with Gasteiger partial charge in [-0.15, -0.1) is 0 Å². The number of aryl methyl sites for hydroxylation is 2. The Morgan fingerprint density at radius 1 is 1.14 bits per heavy atom. The average molecular weight is 291 g/mol. The van der Waals surface area contributed by atoms with Crippen molar-refractivity contribution in [1.29, 1.82) is 0 Å². The van der Waals surface area contributed by atoms with E-state index in [4.69, 9.17) is 15.7 Å². The lowest BCUT2D eigenvalue weighted by molar-refractivity contribution is 0.113. The van der Waals surface area contributed by atoms with Crippen LogP contribution < -0.4 is 5.73 Å². The lowest BCUT2D eigenvalue weighted by Gasteiger charge is -2.37. The molecular formula is C16H29N5. The molecule has 0 spiro atoms. The van der Waals surface area contributed by atoms with Gasteiger partial charge >= 0.3 is 0 Å². The van der Waals surface area contributed by atoms with Crippen molar-refractivity contribution in [3.05, 3.63) is 22.8 Å². The van der Waals surface area contributed by atoms with E-state index >= 15 is 0 Å². The number of nitrogens with two attached hydrogens (primary N) is 1. The van der Waals surface area contributed by atoms with Crippen LogP contribution in [-0.4, -0.2) is 66.1 Å². The molecule has 118 valence electrons. The second-order valence-electron chi connectivity index (χ2n) is 6.28. The van der Waals surface area contributed by atoms with E-state index < -0.39 is 0 Å². The van der Waals surface area contributed by atoms with Crippen molar-refractivity contribution in [2.75, 3.05) is 40.3 Å². The van der Waals surface area contributed by atoms with Gasteiger partial charge in [0.05, 0.1) is 0 Å². The summed E-state index contributed by atoms with van der Waals surface area (Å²) in [6, 6.07) is 0.512. The first-order valence-corrected chi connectivity index (χ1v) is 7.93. The zero-order valence-corrected chi connectivity index (χ0v) is 13.9. The van der Waals surface area contributed by atoms with Gasteiger partial charge in [0.2, 0.25) is 0 Å². The predicted molar refractivity (Wildman–Crippen MR) is 86.5 cm³/mol. The molecule has 1 atom stereocenters. The van der Waals surface area contributed by atoms with Crippen LogP contribution in [0.4, 0.5) is 0 Å². The van der Waals surface area contributed by atoms with Gasteiger partial charge in [-0.3, -0.25) is 0 Å². The standard InChI is InChI=1S/C16H29N5/c1-12-15(6-5-7-17)13(2)19-16(18-12)10-14-11-20(3)8-9-21(14)4/h14H,5-11,17H2,1-4H3. The van der Waals surface area contributed by atoms with Gasteiger partial charge in [0, 0.05) is 43.5 Å². The van der Waals surface area contributed by atoms with Crippen LogP contribution in [0.5, 0.6) is 0 Å². The van der Waals surface area contributed by atoms with Gasteiger partial charge < -0.3 is 15.5 Å². The molecule has 1 fully saturated rings. The quantitative estimate of drug-likeness (QED) is 0.868. The molecule has 0 saturated carbocycles. The van der Waals surface area contributed by atoms with Crippen LogP contribution in [0.3, 0.4) is 0 Å². The highest BCUT2D eigenvalue weighted by atomic mass is 15.3. The van der Waals surface area contributed by atoms with Crippen LogP contribution in [0.25, 0.3) is 0 Å². The summed E-state index contributed by atoms with van der Waals surface area (Å²) in [5, 5.41) is 0. The molecule has 0 amide bonds. The lowest BCUT2D eigenvalue weighted by Crippen LogP contribution is -2.51. The van der Waals surface area contributed by atoms with Crippen molar-refractivity contribution < 1.29 is 0 Å². The molecule has 1 aromatic heterocycles. The van der Waals surface area contributed by atoms with E-state index in [2.05, 4.69) is 37.7 Å². The van der Waals surface area contributed by atoms with Crippen molar-refractivity contribution in [2.24, 2.45) is 5.73 Å². The summed E-state index contributed by atoms with van der Waals surface area (Å²) in [6.07, 6.45) is 2.92. The summed E-state index contributed by atoms with van der Waals surface area (Å²) < 4.78 is 0. The highest BCUT2D eigenvalue weighted by Crippen LogP contribution is 2.15. The van der Waals surface area contributed by atoms with E-state index in [0.29, 0.717) is 6.04 Å². The molecule has 1 unspecified atom stereocenters. The molecule has 1 aliphatic heterocycles. The van der Waals surface area contributed by atoms with Gasteiger partial charge in [0.1, 0.15) is 5.82 Å². The summed E-state index contributed by atoms with van der Waals surface area (Å²) in [7, 11) is 4.39. The third-order valence-corrected chi connectivity index (χ3v) is 4.50. The normalized spacial score (nSPS) is 20.9. The molecule has 0 aliphatic carbocycles. The second kappa shape index (κ2) is 7.29. The summed E-state index contributed by atoms with van der Waals surface area (Å²) in [5.74, 6) is 0.980. The van der Waals surface area contributed by atoms with E-state index in [1.807, 2.05) is 0 Å². The lowest BCUT2D eigenvalue weighted by atomic mass is 10.1. The van der Waals surface area contributed by atoms with Gasteiger partial charge in [-0.2, -0.15) is 0 Å². The minimum absolute atomic E-state index is 0.512. The fraction of sp³-hybridized carbons (Fsp3) is 0.750. The molecule has 5 heteroatoms. The third-order valence-electron chi connectivity index (χ3n) is 4.50. The summed E-state index contributed by atoms with van der Waals surface area (Å²) in [5.41, 5.74) is 9.13. The third kappa shape index (κ3) is 4.22. The Hall–Kier alpha value is -1.04. The van der Waals surface area contributed by atoms with Crippen molar-refractivity contribution in [2.45, 2.75) is 39.2 Å². The first-order valence-electron chi connectivity index (χ1n) is 7.93. The topological polar surface area (TPSA) is 58.3 Å². The van der Waals surface area contributed by atoms with E-state index in [1.165, 1.54) is 5.56 Å². The fourth-order valence-electron chi connectivity index (χ4n) is 3.07. The molecule has 0 aromatic carbocycles. The Bertz CT molecular complexity index is 451. The zero-order valence-electron chi connectivity index (χ0n) is 13.9. The first kappa shape index (κ1) is 16.3. The van der Waals surface area contributed by atoms with Crippen LogP contribution in [0.1, 0.15) is 29.2 Å². The molecule has 1 saturated heterocycles. The van der Waals surface area contributed by atoms with Gasteiger partial charge in [0.25, 0.3) is 0 Å². The van der Waals surface area contributed by atoms with Crippen molar-refractivity contribution in [1.82, 2.24) is 19.8 Å². The highest BCUT2D eigenvalue weighted by molar-refractivity contribution is 5.24. The van der Waals surface area contributed by atoms with Crippen molar-refractivity contribution in [3.8, 4) is 0 Å². The largest absolute Gasteiger partial charge is 0.330 e. The SMILES string of the molecule is Cc1nc(CC2CN(C)CCN2C)nc(C)c1CCCN. The summed E-state index contributed by atoms with van der Waals surface area (Å²) >= 11 is 0. The Balaban J connectivity index is 2.10. The number of piperazine rings is 1. The molecule has 2 heterocycles. The Morgan fingerprint density at radius 2 is 1.81 bits per heavy atom. The van der Waals surface area contributed by atoms with Crippen LogP contribution >= 0.6 is 0 Å². The number of aromatic nitrogens is 2. The van der Waals surface area contributed by atoms with E-state index in [0.717, 1.165) is 62.7 Å². The number of rotatable bonds is 5. The van der Waals surface area contributed by atoms with E-state index in [-0.39, 0.29) is 0 Å². The molecule has 2 rings (SSSR count). The van der Waals surface area contributed by atoms with Crippen LogP contribution in [-0.2, 0) is 12.8 Å². The Labute approximate surface area is 128 Å². The molecule has 1 aliphatic rings. The zero-order chi connectivity index (χ0) is 15.4. The average Bonchev–Trinajstić information content (AvgIpc) is 2.42. The molecule has 2 N–H and O–H groups in total. The smallest absolute Gasteiger partial charge is 0.130 e. The van der Waals surface area contributed by atoms with E-state index in [1.54, 1.807) is 0 Å².